The van der Waals surface area contributed by atoms with Crippen LogP contribution in [-0.4, -0.2) is 16.2 Å². The van der Waals surface area contributed by atoms with Crippen LogP contribution in [0.1, 0.15) is 22.3 Å². The van der Waals surface area contributed by atoms with Crippen LogP contribution in [0.2, 0.25) is 5.02 Å². The number of aryl methyl sites for hydroxylation is 1. The van der Waals surface area contributed by atoms with Gasteiger partial charge in [-0.05, 0) is 24.6 Å². The third-order valence-corrected chi connectivity index (χ3v) is 5.83. The number of hydrogen-bond acceptors (Lipinski definition) is 6. The molecule has 4 aromatic rings. The molecule has 0 saturated heterocycles. The molecule has 0 aliphatic carbocycles. The Bertz CT molecular complexity index is 1130. The van der Waals surface area contributed by atoms with Gasteiger partial charge in [0, 0.05) is 22.7 Å². The van der Waals surface area contributed by atoms with Crippen molar-refractivity contribution in [2.45, 2.75) is 17.9 Å². The van der Waals surface area contributed by atoms with Gasteiger partial charge in [-0.15, -0.1) is 11.8 Å². The van der Waals surface area contributed by atoms with E-state index in [9.17, 15) is 4.79 Å². The number of thioether (sulfide) groups is 1. The molecule has 1 amide bonds. The van der Waals surface area contributed by atoms with Crippen LogP contribution < -0.4 is 5.32 Å². The Hall–Kier alpha value is -3.03. The minimum atomic E-state index is -0.452. The molecule has 0 aliphatic rings. The number of rotatable bonds is 7. The standard InChI is InChI=1S/C22H18ClN3O3S/c1-14-11-20(26-28-14)24-22(27)21(16-5-3-2-4-6-16)30-13-18-12-19(25-29-18)15-7-9-17(23)10-8-15/h2-12,21H,13H2,1H3,(H,24,26,27)/t21-/m1/s1. The molecular weight excluding hydrogens is 422 g/mol. The van der Waals surface area contributed by atoms with Crippen LogP contribution in [-0.2, 0) is 10.5 Å². The molecule has 0 unspecified atom stereocenters. The maximum absolute atomic E-state index is 12.9. The lowest BCUT2D eigenvalue weighted by molar-refractivity contribution is -0.115. The van der Waals surface area contributed by atoms with Crippen molar-refractivity contribution in [3.05, 3.63) is 88.8 Å². The van der Waals surface area contributed by atoms with E-state index >= 15 is 0 Å². The zero-order valence-electron chi connectivity index (χ0n) is 16.0. The van der Waals surface area contributed by atoms with E-state index in [1.165, 1.54) is 11.8 Å². The van der Waals surface area contributed by atoms with E-state index in [0.717, 1.165) is 16.8 Å². The van der Waals surface area contributed by atoms with Gasteiger partial charge in [0.25, 0.3) is 0 Å². The smallest absolute Gasteiger partial charge is 0.243 e. The van der Waals surface area contributed by atoms with Gasteiger partial charge in [0.1, 0.15) is 22.5 Å². The van der Waals surface area contributed by atoms with Gasteiger partial charge in [0.05, 0.1) is 5.75 Å². The number of anilines is 1. The zero-order valence-corrected chi connectivity index (χ0v) is 17.6. The van der Waals surface area contributed by atoms with Gasteiger partial charge in [-0.25, -0.2) is 0 Å². The molecule has 2 aromatic carbocycles. The molecule has 2 heterocycles. The fourth-order valence-corrected chi connectivity index (χ4v) is 4.02. The van der Waals surface area contributed by atoms with Crippen molar-refractivity contribution in [2.75, 3.05) is 5.32 Å². The van der Waals surface area contributed by atoms with Crippen molar-refractivity contribution in [2.24, 2.45) is 0 Å². The second-order valence-electron chi connectivity index (χ2n) is 6.60. The van der Waals surface area contributed by atoms with Gasteiger partial charge in [-0.2, -0.15) is 0 Å². The average molecular weight is 440 g/mol. The first-order chi connectivity index (χ1) is 14.6. The molecule has 1 N–H and O–H groups in total. The van der Waals surface area contributed by atoms with E-state index in [2.05, 4.69) is 15.6 Å². The summed E-state index contributed by atoms with van der Waals surface area (Å²) >= 11 is 7.39. The first kappa shape index (κ1) is 20.3. The van der Waals surface area contributed by atoms with Crippen LogP contribution in [0.5, 0.6) is 0 Å². The summed E-state index contributed by atoms with van der Waals surface area (Å²) in [5, 5.41) is 11.0. The molecule has 152 valence electrons. The average Bonchev–Trinajstić information content (AvgIpc) is 3.38. The highest BCUT2D eigenvalue weighted by Gasteiger charge is 2.23. The summed E-state index contributed by atoms with van der Waals surface area (Å²) in [5.74, 6) is 1.99. The minimum absolute atomic E-state index is 0.183. The summed E-state index contributed by atoms with van der Waals surface area (Å²) in [6.45, 7) is 1.77. The fourth-order valence-electron chi connectivity index (χ4n) is 2.87. The second-order valence-corrected chi connectivity index (χ2v) is 8.13. The van der Waals surface area contributed by atoms with Crippen LogP contribution in [0.25, 0.3) is 11.3 Å². The van der Waals surface area contributed by atoms with E-state index in [0.29, 0.717) is 28.1 Å². The van der Waals surface area contributed by atoms with Gasteiger partial charge in [0.15, 0.2) is 5.82 Å². The Morgan fingerprint density at radius 3 is 2.53 bits per heavy atom. The Labute approximate surface area is 182 Å². The van der Waals surface area contributed by atoms with Crippen LogP contribution in [0.15, 0.2) is 75.8 Å². The second kappa shape index (κ2) is 9.19. The Balaban J connectivity index is 1.48. The van der Waals surface area contributed by atoms with Gasteiger partial charge in [-0.3, -0.25) is 4.79 Å². The van der Waals surface area contributed by atoms with Crippen LogP contribution >= 0.6 is 23.4 Å². The lowest BCUT2D eigenvalue weighted by Gasteiger charge is -2.15. The number of halogens is 1. The van der Waals surface area contributed by atoms with E-state index in [-0.39, 0.29) is 5.91 Å². The van der Waals surface area contributed by atoms with Crippen molar-refractivity contribution < 1.29 is 13.8 Å². The number of carbonyl (C=O) groups excluding carboxylic acids is 1. The lowest BCUT2D eigenvalue weighted by Crippen LogP contribution is -2.19. The molecule has 30 heavy (non-hydrogen) atoms. The van der Waals surface area contributed by atoms with Crippen molar-refractivity contribution in [1.29, 1.82) is 0 Å². The summed E-state index contributed by atoms with van der Waals surface area (Å²) in [7, 11) is 0. The van der Waals surface area contributed by atoms with Crippen molar-refractivity contribution in [1.82, 2.24) is 10.3 Å². The Morgan fingerprint density at radius 2 is 1.83 bits per heavy atom. The summed E-state index contributed by atoms with van der Waals surface area (Å²) in [4.78, 5) is 12.9. The number of carbonyl (C=O) groups is 1. The summed E-state index contributed by atoms with van der Waals surface area (Å²) in [6, 6.07) is 20.5. The molecule has 0 bridgehead atoms. The molecule has 0 spiro atoms. The molecule has 0 fully saturated rings. The van der Waals surface area contributed by atoms with Gasteiger partial charge in [-0.1, -0.05) is 64.4 Å². The number of amides is 1. The first-order valence-corrected chi connectivity index (χ1v) is 10.6. The number of hydrogen-bond donors (Lipinski definition) is 1. The minimum Gasteiger partial charge on any atom is -0.360 e. The fraction of sp³-hybridized carbons (Fsp3) is 0.136. The lowest BCUT2D eigenvalue weighted by atomic mass is 10.1. The summed E-state index contributed by atoms with van der Waals surface area (Å²) in [6.07, 6.45) is 0. The van der Waals surface area contributed by atoms with Gasteiger partial charge >= 0.3 is 0 Å². The van der Waals surface area contributed by atoms with E-state index in [4.69, 9.17) is 20.6 Å². The maximum Gasteiger partial charge on any atom is 0.243 e. The largest absolute Gasteiger partial charge is 0.360 e. The van der Waals surface area contributed by atoms with Gasteiger partial charge in [0.2, 0.25) is 5.91 Å². The molecule has 1 atom stereocenters. The number of benzene rings is 2. The predicted octanol–water partition coefficient (Wildman–Crippen LogP) is 5.90. The normalized spacial score (nSPS) is 11.9. The third kappa shape index (κ3) is 4.93. The van der Waals surface area contributed by atoms with Crippen LogP contribution in [0.4, 0.5) is 5.82 Å². The third-order valence-electron chi connectivity index (χ3n) is 4.31. The predicted molar refractivity (Wildman–Crippen MR) is 117 cm³/mol. The van der Waals surface area contributed by atoms with Crippen molar-refractivity contribution in [3.8, 4) is 11.3 Å². The van der Waals surface area contributed by atoms with Crippen molar-refractivity contribution in [3.63, 3.8) is 0 Å². The molecule has 2 aromatic heterocycles. The molecule has 0 saturated carbocycles. The Kier molecular flexibility index (Phi) is 6.21. The highest BCUT2D eigenvalue weighted by atomic mass is 35.5. The molecule has 8 heteroatoms. The molecule has 0 radical (unpaired) electrons. The topological polar surface area (TPSA) is 81.2 Å². The zero-order chi connectivity index (χ0) is 20.9. The first-order valence-electron chi connectivity index (χ1n) is 9.21. The van der Waals surface area contributed by atoms with Crippen LogP contribution in [0.3, 0.4) is 0 Å². The highest BCUT2D eigenvalue weighted by molar-refractivity contribution is 7.99. The molecule has 6 nitrogen and oxygen atoms in total. The van der Waals surface area contributed by atoms with E-state index in [1.54, 1.807) is 25.1 Å². The number of aromatic nitrogens is 2. The summed E-state index contributed by atoms with van der Waals surface area (Å²) < 4.78 is 10.5. The van der Waals surface area contributed by atoms with Gasteiger partial charge < -0.3 is 14.4 Å². The molecule has 0 aliphatic heterocycles. The number of nitrogens with one attached hydrogen (secondary N) is 1. The maximum atomic E-state index is 12.9. The monoisotopic (exact) mass is 439 g/mol. The molecule has 4 rings (SSSR count). The van der Waals surface area contributed by atoms with Crippen LogP contribution in [0, 0.1) is 6.92 Å². The van der Waals surface area contributed by atoms with E-state index in [1.807, 2.05) is 48.5 Å². The Morgan fingerprint density at radius 1 is 1.07 bits per heavy atom. The summed E-state index contributed by atoms with van der Waals surface area (Å²) in [5.41, 5.74) is 2.52. The molecular formula is C22H18ClN3O3S. The highest BCUT2D eigenvalue weighted by Crippen LogP contribution is 2.33. The SMILES string of the molecule is Cc1cc(NC(=O)[C@H](SCc2cc(-c3ccc(Cl)cc3)no2)c2ccccc2)no1. The van der Waals surface area contributed by atoms with Crippen molar-refractivity contribution >= 4 is 35.1 Å². The number of nitrogens with zero attached hydrogens (tertiary/aromatic N) is 2. The quantitative estimate of drug-likeness (QED) is 0.385. The van der Waals surface area contributed by atoms with E-state index < -0.39 is 5.25 Å².